The minimum absolute atomic E-state index is 0.0393. The Kier molecular flexibility index (Phi) is 13.1. The molecule has 9 heteroatoms. The van der Waals surface area contributed by atoms with Crippen molar-refractivity contribution in [3.8, 4) is 0 Å². The van der Waals surface area contributed by atoms with Crippen molar-refractivity contribution in [2.24, 2.45) is 5.73 Å². The molecule has 2 heterocycles. The van der Waals surface area contributed by atoms with Gasteiger partial charge in [0.2, 0.25) is 5.84 Å². The van der Waals surface area contributed by atoms with Crippen LogP contribution in [0.5, 0.6) is 0 Å². The molecule has 47 heavy (non-hydrogen) atoms. The van der Waals surface area contributed by atoms with E-state index in [1.165, 1.54) is 5.56 Å². The number of aliphatic hydroxyl groups excluding tert-OH is 1. The van der Waals surface area contributed by atoms with E-state index < -0.39 is 17.7 Å². The number of nitrogens with two attached hydrogens (primary N) is 1. The van der Waals surface area contributed by atoms with Gasteiger partial charge in [0.1, 0.15) is 23.5 Å². The fourth-order valence-corrected chi connectivity index (χ4v) is 7.04. The van der Waals surface area contributed by atoms with Gasteiger partial charge in [-0.05, 0) is 87.6 Å². The number of amides is 2. The average Bonchev–Trinajstić information content (AvgIpc) is 3.30. The van der Waals surface area contributed by atoms with E-state index in [-0.39, 0.29) is 23.3 Å². The highest BCUT2D eigenvalue weighted by molar-refractivity contribution is 5.97. The van der Waals surface area contributed by atoms with Gasteiger partial charge in [-0.15, -0.1) is 0 Å². The maximum absolute atomic E-state index is 13.6. The zero-order chi connectivity index (χ0) is 34.9. The van der Waals surface area contributed by atoms with Gasteiger partial charge in [0, 0.05) is 31.1 Å². The van der Waals surface area contributed by atoms with Crippen LogP contribution in [0.1, 0.15) is 103 Å². The van der Waals surface area contributed by atoms with Crippen molar-refractivity contribution in [3.05, 3.63) is 82.2 Å². The second-order valence-corrected chi connectivity index (χ2v) is 13.8. The first-order valence-corrected chi connectivity index (χ1v) is 17.2. The van der Waals surface area contributed by atoms with Crippen molar-refractivity contribution in [2.45, 2.75) is 117 Å². The Labute approximate surface area is 282 Å². The molecule has 0 bridgehead atoms. The molecular formula is C38H59N6O3+. The van der Waals surface area contributed by atoms with Crippen LogP contribution in [0.3, 0.4) is 0 Å². The highest BCUT2D eigenvalue weighted by atomic mass is 16.3. The lowest BCUT2D eigenvalue weighted by Crippen LogP contribution is -2.92. The largest absolute Gasteiger partial charge is 0.388 e. The molecule has 0 saturated carbocycles. The van der Waals surface area contributed by atoms with Crippen LogP contribution in [0.4, 0.5) is 0 Å². The van der Waals surface area contributed by atoms with E-state index in [1.54, 1.807) is 7.05 Å². The Balaban J connectivity index is 0.000000392. The minimum atomic E-state index is -0.758. The molecule has 9 nitrogen and oxygen atoms in total. The number of hydrogen-bond donors (Lipinski definition) is 6. The number of aliphatic hydroxyl groups is 1. The van der Waals surface area contributed by atoms with E-state index in [0.717, 1.165) is 48.2 Å². The lowest BCUT2D eigenvalue weighted by Gasteiger charge is -2.47. The minimum Gasteiger partial charge on any atom is -0.388 e. The van der Waals surface area contributed by atoms with Crippen molar-refractivity contribution < 1.29 is 19.7 Å². The quantitative estimate of drug-likeness (QED) is 0.111. The van der Waals surface area contributed by atoms with Crippen LogP contribution >= 0.6 is 0 Å². The summed E-state index contributed by atoms with van der Waals surface area (Å²) in [7, 11) is 1.63. The van der Waals surface area contributed by atoms with Crippen molar-refractivity contribution in [1.82, 2.24) is 20.9 Å². The Morgan fingerprint density at radius 3 is 2.53 bits per heavy atom. The fraction of sp³-hybridized carbons (Fsp3) is 0.553. The summed E-state index contributed by atoms with van der Waals surface area (Å²) in [4.78, 5) is 30.4. The Morgan fingerprint density at radius 1 is 1.19 bits per heavy atom. The van der Waals surface area contributed by atoms with Gasteiger partial charge in [-0.3, -0.25) is 20.3 Å². The summed E-state index contributed by atoms with van der Waals surface area (Å²) >= 11 is 0. The number of allylic oxidation sites excluding steroid dienone is 5. The Hall–Kier alpha value is -3.85. The van der Waals surface area contributed by atoms with Gasteiger partial charge in [0.05, 0.1) is 12.6 Å². The number of nitrogens with one attached hydrogen (secondary N) is 4. The third-order valence-corrected chi connectivity index (χ3v) is 9.79. The number of carbonyl (C=O) groups is 2. The monoisotopic (exact) mass is 647 g/mol. The molecule has 1 aromatic carbocycles. The zero-order valence-electron chi connectivity index (χ0n) is 30.1. The molecule has 0 spiro atoms. The number of benzene rings is 1. The average molecular weight is 648 g/mol. The summed E-state index contributed by atoms with van der Waals surface area (Å²) < 4.78 is 0. The number of amidine groups is 1. The summed E-state index contributed by atoms with van der Waals surface area (Å²) in [5, 5.41) is 20.9. The maximum Gasteiger partial charge on any atom is 0.251 e. The normalized spacial score (nSPS) is 25.4. The lowest BCUT2D eigenvalue weighted by atomic mass is 9.71. The summed E-state index contributed by atoms with van der Waals surface area (Å²) in [5.41, 5.74) is 10.6. The second kappa shape index (κ2) is 16.3. The number of nitrogens with zero attached hydrogens (tertiary/aromatic N) is 1. The van der Waals surface area contributed by atoms with E-state index in [2.05, 4.69) is 66.5 Å². The highest BCUT2D eigenvalue weighted by Gasteiger charge is 2.59. The number of carbonyl (C=O) groups excluding carboxylic acids is 2. The maximum atomic E-state index is 13.6. The molecule has 0 aromatic heterocycles. The van der Waals surface area contributed by atoms with Crippen LogP contribution in [0.25, 0.3) is 0 Å². The van der Waals surface area contributed by atoms with Gasteiger partial charge in [-0.2, -0.15) is 0 Å². The summed E-state index contributed by atoms with van der Waals surface area (Å²) in [6, 6.07) is 5.58. The van der Waals surface area contributed by atoms with Crippen molar-refractivity contribution in [3.63, 3.8) is 0 Å². The van der Waals surface area contributed by atoms with Gasteiger partial charge in [0.15, 0.2) is 0 Å². The number of rotatable bonds is 8. The summed E-state index contributed by atoms with van der Waals surface area (Å²) in [6.45, 7) is 17.9. The Morgan fingerprint density at radius 2 is 1.91 bits per heavy atom. The van der Waals surface area contributed by atoms with Gasteiger partial charge < -0.3 is 26.0 Å². The van der Waals surface area contributed by atoms with Crippen LogP contribution in [0.15, 0.2) is 65.5 Å². The molecular weight excluding hydrogens is 588 g/mol. The predicted molar refractivity (Wildman–Crippen MR) is 192 cm³/mol. The van der Waals surface area contributed by atoms with Gasteiger partial charge in [0.25, 0.3) is 11.8 Å². The Bertz CT molecular complexity index is 1430. The van der Waals surface area contributed by atoms with E-state index in [0.29, 0.717) is 30.9 Å². The zero-order valence-corrected chi connectivity index (χ0v) is 30.1. The predicted octanol–water partition coefficient (Wildman–Crippen LogP) is 3.11. The number of likely N-dealkylation sites (N-methyl/N-ethyl adjacent to an activating group) is 1. The third-order valence-electron chi connectivity index (χ3n) is 9.79. The van der Waals surface area contributed by atoms with Crippen molar-refractivity contribution in [2.75, 3.05) is 20.1 Å². The van der Waals surface area contributed by atoms with E-state index in [4.69, 9.17) is 5.73 Å². The molecule has 2 fully saturated rings. The molecule has 2 unspecified atom stereocenters. The van der Waals surface area contributed by atoms with Gasteiger partial charge in [-0.25, -0.2) is 0 Å². The number of hydrogen-bond acceptors (Lipinski definition) is 5. The van der Waals surface area contributed by atoms with Crippen LogP contribution in [0, 0.1) is 0 Å². The molecule has 4 atom stereocenters. The molecule has 2 amide bonds. The first-order chi connectivity index (χ1) is 22.3. The molecule has 2 saturated heterocycles. The molecule has 3 aliphatic rings. The van der Waals surface area contributed by atoms with E-state index in [1.807, 2.05) is 63.3 Å². The van der Waals surface area contributed by atoms with E-state index in [9.17, 15) is 14.7 Å². The highest BCUT2D eigenvalue weighted by Crippen LogP contribution is 2.39. The third kappa shape index (κ3) is 8.36. The van der Waals surface area contributed by atoms with Crippen molar-refractivity contribution in [1.29, 1.82) is 0 Å². The second-order valence-electron chi connectivity index (χ2n) is 13.8. The van der Waals surface area contributed by atoms with Crippen LogP contribution < -0.4 is 26.7 Å². The van der Waals surface area contributed by atoms with Crippen molar-refractivity contribution >= 4 is 17.6 Å². The van der Waals surface area contributed by atoms with Gasteiger partial charge in [-0.1, -0.05) is 64.1 Å². The van der Waals surface area contributed by atoms with Crippen LogP contribution in [0.2, 0.25) is 0 Å². The standard InChI is InChI=1S/C27H41N5O2.C11H17NO/c1-7-22(28)31-21-14-29-24(16(2)3)32-15-20(23(33)27(21,32)6)30-25(34)18-10-8-12-19-17(18)11-9-13-26(19,4)5;1-4-6-7-9-10(8-5-2)11(13)12-3/h8,10,12,20-21,23,29,33H,7,9,11,13-15H2,1-6H3,(H2,28,31)(H,30,34);4,6-9H,5H2,1-3H3,(H,12,13)/p+1/b;6-4-,9-7-,10-8-/t20?,21?,23-,27+;/m1./s1. The van der Waals surface area contributed by atoms with Gasteiger partial charge >= 0.3 is 0 Å². The van der Waals surface area contributed by atoms with Crippen LogP contribution in [-0.4, -0.2) is 71.5 Å². The molecule has 0 radical (unpaired) electrons. The molecule has 258 valence electrons. The molecule has 2 aliphatic heterocycles. The van der Waals surface area contributed by atoms with Crippen LogP contribution in [-0.2, 0) is 16.6 Å². The number of fused-ring (bicyclic) bond motifs is 2. The lowest BCUT2D eigenvalue weighted by molar-refractivity contribution is -0.525. The molecule has 7 N–H and O–H groups in total. The molecule has 1 aromatic rings. The first kappa shape index (κ1) is 37.6. The molecule has 4 rings (SSSR count). The smallest absolute Gasteiger partial charge is 0.251 e. The topological polar surface area (TPSA) is 134 Å². The molecule has 1 aliphatic carbocycles. The summed E-state index contributed by atoms with van der Waals surface area (Å²) in [6.07, 6.45) is 13.3. The SMILES string of the molecule is CCC(N)=[NH+]C1CNC(=C(C)C)N2CC(NC(=O)c3cccc4c3CCCC4(C)C)[C@@H](O)[C@]12C.C\C=C/C=C\C(=C\CC)C(=O)NC. The first-order valence-electron chi connectivity index (χ1n) is 17.2. The van der Waals surface area contributed by atoms with E-state index >= 15 is 0 Å². The summed E-state index contributed by atoms with van der Waals surface area (Å²) in [5.74, 6) is 1.58. The fourth-order valence-electron chi connectivity index (χ4n) is 7.04.